The maximum absolute atomic E-state index is 5.83. The largest absolute Gasteiger partial charge is 0.348 e. The Labute approximate surface area is 127 Å². The molecule has 4 rings (SSSR count). The first-order valence-electron chi connectivity index (χ1n) is 8.46. The molecule has 0 aromatic heterocycles. The molecule has 114 valence electrons. The minimum absolute atomic E-state index is 0.233. The van der Waals surface area contributed by atoms with E-state index in [9.17, 15) is 0 Å². The summed E-state index contributed by atoms with van der Waals surface area (Å²) >= 11 is 0. The van der Waals surface area contributed by atoms with Gasteiger partial charge in [0.2, 0.25) is 0 Å². The molecule has 0 amide bonds. The molecule has 1 atom stereocenters. The van der Waals surface area contributed by atoms with Crippen LogP contribution in [0.1, 0.15) is 55.7 Å². The van der Waals surface area contributed by atoms with Gasteiger partial charge in [-0.1, -0.05) is 24.3 Å². The minimum Gasteiger partial charge on any atom is -0.348 e. The van der Waals surface area contributed by atoms with Crippen LogP contribution < -0.4 is 5.32 Å². The minimum atomic E-state index is -0.233. The van der Waals surface area contributed by atoms with E-state index in [0.717, 1.165) is 26.1 Å². The second kappa shape index (κ2) is 5.71. The van der Waals surface area contributed by atoms with Crippen LogP contribution in [0.15, 0.2) is 24.3 Å². The molecule has 2 aliphatic carbocycles. The lowest BCUT2D eigenvalue weighted by Gasteiger charge is -2.38. The standard InChI is InChI=1S/C18H25NO2/c1-2-6-16-14(4-1)5-3-7-17(16)19-15-8-10-18(11-9-15)20-12-13-21-18/h1-2,4,6,15,17,19H,3,5,7-13H2. The van der Waals surface area contributed by atoms with E-state index in [1.54, 1.807) is 0 Å². The van der Waals surface area contributed by atoms with E-state index in [1.807, 2.05) is 0 Å². The summed E-state index contributed by atoms with van der Waals surface area (Å²) in [5.41, 5.74) is 3.06. The summed E-state index contributed by atoms with van der Waals surface area (Å²) in [5.74, 6) is -0.233. The molecule has 3 aliphatic rings. The van der Waals surface area contributed by atoms with Gasteiger partial charge >= 0.3 is 0 Å². The summed E-state index contributed by atoms with van der Waals surface area (Å²) in [7, 11) is 0. The van der Waals surface area contributed by atoms with Gasteiger partial charge in [-0.25, -0.2) is 0 Å². The highest BCUT2D eigenvalue weighted by molar-refractivity contribution is 5.32. The summed E-state index contributed by atoms with van der Waals surface area (Å²) in [5, 5.41) is 3.91. The van der Waals surface area contributed by atoms with Gasteiger partial charge in [0.1, 0.15) is 0 Å². The van der Waals surface area contributed by atoms with E-state index in [2.05, 4.69) is 29.6 Å². The number of hydrogen-bond acceptors (Lipinski definition) is 3. The number of rotatable bonds is 2. The Balaban J connectivity index is 1.39. The average Bonchev–Trinajstić information content (AvgIpc) is 2.99. The highest BCUT2D eigenvalue weighted by Crippen LogP contribution is 2.37. The fourth-order valence-electron chi connectivity index (χ4n) is 4.22. The number of nitrogens with one attached hydrogen (secondary N) is 1. The molecule has 1 aromatic rings. The summed E-state index contributed by atoms with van der Waals surface area (Å²) in [6, 6.07) is 10.1. The topological polar surface area (TPSA) is 30.5 Å². The summed E-state index contributed by atoms with van der Waals surface area (Å²) in [6.45, 7) is 1.54. The number of hydrogen-bond donors (Lipinski definition) is 1. The van der Waals surface area contributed by atoms with Crippen LogP contribution in [0.3, 0.4) is 0 Å². The number of aryl methyl sites for hydroxylation is 1. The zero-order valence-corrected chi connectivity index (χ0v) is 12.6. The van der Waals surface area contributed by atoms with Crippen molar-refractivity contribution in [2.24, 2.45) is 0 Å². The molecule has 3 nitrogen and oxygen atoms in total. The van der Waals surface area contributed by atoms with Gasteiger partial charge in [0.15, 0.2) is 5.79 Å². The molecule has 1 aromatic carbocycles. The van der Waals surface area contributed by atoms with Crippen LogP contribution in [0.5, 0.6) is 0 Å². The van der Waals surface area contributed by atoms with Crippen LogP contribution in [0, 0.1) is 0 Å². The smallest absolute Gasteiger partial charge is 0.168 e. The Hall–Kier alpha value is -0.900. The summed E-state index contributed by atoms with van der Waals surface area (Å²) in [4.78, 5) is 0. The number of benzene rings is 1. The van der Waals surface area contributed by atoms with Gasteiger partial charge in [-0.3, -0.25) is 0 Å². The normalized spacial score (nSPS) is 28.7. The molecule has 2 fully saturated rings. The third-order valence-electron chi connectivity index (χ3n) is 5.37. The lowest BCUT2D eigenvalue weighted by atomic mass is 9.85. The average molecular weight is 287 g/mol. The van der Waals surface area contributed by atoms with Gasteiger partial charge < -0.3 is 14.8 Å². The first-order valence-corrected chi connectivity index (χ1v) is 8.46. The zero-order chi connectivity index (χ0) is 14.1. The molecule has 1 saturated heterocycles. The van der Waals surface area contributed by atoms with Crippen molar-refractivity contribution >= 4 is 0 Å². The molecule has 3 heteroatoms. The van der Waals surface area contributed by atoms with E-state index >= 15 is 0 Å². The molecule has 1 saturated carbocycles. The highest BCUT2D eigenvalue weighted by Gasteiger charge is 2.40. The molecule has 1 heterocycles. The van der Waals surface area contributed by atoms with Crippen molar-refractivity contribution in [3.8, 4) is 0 Å². The monoisotopic (exact) mass is 287 g/mol. The predicted octanol–water partition coefficient (Wildman–Crippen LogP) is 3.34. The maximum atomic E-state index is 5.83. The van der Waals surface area contributed by atoms with Gasteiger partial charge in [-0.05, 0) is 43.2 Å². The van der Waals surface area contributed by atoms with Crippen LogP contribution >= 0.6 is 0 Å². The van der Waals surface area contributed by atoms with Crippen molar-refractivity contribution in [3.05, 3.63) is 35.4 Å². The second-order valence-corrected chi connectivity index (χ2v) is 6.69. The van der Waals surface area contributed by atoms with Crippen molar-refractivity contribution in [3.63, 3.8) is 0 Å². The summed E-state index contributed by atoms with van der Waals surface area (Å²) in [6.07, 6.45) is 8.22. The molecule has 1 aliphatic heterocycles. The number of ether oxygens (including phenoxy) is 2. The zero-order valence-electron chi connectivity index (χ0n) is 12.6. The Kier molecular flexibility index (Phi) is 3.74. The van der Waals surface area contributed by atoms with E-state index in [-0.39, 0.29) is 5.79 Å². The van der Waals surface area contributed by atoms with Crippen molar-refractivity contribution in [2.45, 2.75) is 62.8 Å². The first kappa shape index (κ1) is 13.7. The van der Waals surface area contributed by atoms with Gasteiger partial charge in [-0.2, -0.15) is 0 Å². The molecule has 0 bridgehead atoms. The van der Waals surface area contributed by atoms with Gasteiger partial charge in [-0.15, -0.1) is 0 Å². The van der Waals surface area contributed by atoms with E-state index in [0.29, 0.717) is 12.1 Å². The van der Waals surface area contributed by atoms with E-state index in [1.165, 1.54) is 43.2 Å². The van der Waals surface area contributed by atoms with Crippen LogP contribution in [-0.4, -0.2) is 25.0 Å². The Morgan fingerprint density at radius 2 is 1.76 bits per heavy atom. The summed E-state index contributed by atoms with van der Waals surface area (Å²) < 4.78 is 11.7. The van der Waals surface area contributed by atoms with Crippen LogP contribution in [0.2, 0.25) is 0 Å². The molecule has 1 spiro atoms. The molecule has 0 radical (unpaired) electrons. The van der Waals surface area contributed by atoms with Crippen molar-refractivity contribution < 1.29 is 9.47 Å². The number of fused-ring (bicyclic) bond motifs is 1. The lowest BCUT2D eigenvalue weighted by molar-refractivity contribution is -0.179. The van der Waals surface area contributed by atoms with Crippen molar-refractivity contribution in [1.29, 1.82) is 0 Å². The third-order valence-corrected chi connectivity index (χ3v) is 5.37. The molecular formula is C18H25NO2. The Bertz CT molecular complexity index is 486. The quantitative estimate of drug-likeness (QED) is 0.905. The maximum Gasteiger partial charge on any atom is 0.168 e. The SMILES string of the molecule is c1ccc2c(c1)CCCC2NC1CCC2(CC1)OCCO2. The molecular weight excluding hydrogens is 262 g/mol. The van der Waals surface area contributed by atoms with Gasteiger partial charge in [0.25, 0.3) is 0 Å². The van der Waals surface area contributed by atoms with Crippen molar-refractivity contribution in [2.75, 3.05) is 13.2 Å². The first-order chi connectivity index (χ1) is 10.3. The Morgan fingerprint density at radius 3 is 2.57 bits per heavy atom. The van der Waals surface area contributed by atoms with E-state index < -0.39 is 0 Å². The fraction of sp³-hybridized carbons (Fsp3) is 0.667. The Morgan fingerprint density at radius 1 is 1.00 bits per heavy atom. The van der Waals surface area contributed by atoms with Crippen LogP contribution in [0.4, 0.5) is 0 Å². The fourth-order valence-corrected chi connectivity index (χ4v) is 4.22. The second-order valence-electron chi connectivity index (χ2n) is 6.69. The van der Waals surface area contributed by atoms with Gasteiger partial charge in [0, 0.05) is 24.9 Å². The van der Waals surface area contributed by atoms with Crippen LogP contribution in [0.25, 0.3) is 0 Å². The molecule has 1 unspecified atom stereocenters. The third kappa shape index (κ3) is 2.75. The van der Waals surface area contributed by atoms with Crippen LogP contribution in [-0.2, 0) is 15.9 Å². The predicted molar refractivity (Wildman–Crippen MR) is 82.1 cm³/mol. The van der Waals surface area contributed by atoms with E-state index in [4.69, 9.17) is 9.47 Å². The van der Waals surface area contributed by atoms with Crippen molar-refractivity contribution in [1.82, 2.24) is 5.32 Å². The molecule has 21 heavy (non-hydrogen) atoms. The lowest BCUT2D eigenvalue weighted by Crippen LogP contribution is -2.43. The van der Waals surface area contributed by atoms with Gasteiger partial charge in [0.05, 0.1) is 13.2 Å². The molecule has 1 N–H and O–H groups in total. The highest BCUT2D eigenvalue weighted by atomic mass is 16.7.